The summed E-state index contributed by atoms with van der Waals surface area (Å²) in [5.74, 6) is -0.694. The minimum absolute atomic E-state index is 0.403. The summed E-state index contributed by atoms with van der Waals surface area (Å²) >= 11 is 0. The van der Waals surface area contributed by atoms with E-state index in [1.165, 1.54) is 6.92 Å². The standard InChI is InChI=1S/C7H13F3O/c1-3-4-5(2)6(11)7(8,9)10/h5-6,11H,3-4H2,1-2H3/t5?,6-/m0/s1. The molecule has 1 nitrogen and oxygen atoms in total. The van der Waals surface area contributed by atoms with Crippen molar-refractivity contribution >= 4 is 0 Å². The number of alkyl halides is 3. The number of hydrogen-bond acceptors (Lipinski definition) is 1. The summed E-state index contributed by atoms with van der Waals surface area (Å²) < 4.78 is 35.3. The molecule has 0 amide bonds. The number of aliphatic hydroxyl groups is 1. The fourth-order valence-corrected chi connectivity index (χ4v) is 0.936. The predicted molar refractivity (Wildman–Crippen MR) is 36.1 cm³/mol. The molecule has 0 heterocycles. The van der Waals surface area contributed by atoms with Crippen molar-refractivity contribution in [3.05, 3.63) is 0 Å². The van der Waals surface area contributed by atoms with Crippen LogP contribution in [0.1, 0.15) is 26.7 Å². The fourth-order valence-electron chi connectivity index (χ4n) is 0.936. The predicted octanol–water partition coefficient (Wildman–Crippen LogP) is 2.35. The summed E-state index contributed by atoms with van der Waals surface area (Å²) in [5.41, 5.74) is 0. The van der Waals surface area contributed by atoms with Gasteiger partial charge >= 0.3 is 6.18 Å². The Morgan fingerprint density at radius 1 is 1.36 bits per heavy atom. The maximum atomic E-state index is 11.8. The van der Waals surface area contributed by atoms with Crippen LogP contribution in [-0.4, -0.2) is 17.4 Å². The largest absolute Gasteiger partial charge is 0.414 e. The lowest BCUT2D eigenvalue weighted by Crippen LogP contribution is -2.34. The first-order valence-corrected chi connectivity index (χ1v) is 3.64. The van der Waals surface area contributed by atoms with E-state index >= 15 is 0 Å². The Balaban J connectivity index is 3.91. The zero-order valence-corrected chi connectivity index (χ0v) is 6.65. The van der Waals surface area contributed by atoms with E-state index in [0.29, 0.717) is 12.8 Å². The van der Waals surface area contributed by atoms with E-state index in [9.17, 15) is 13.2 Å². The molecule has 0 rings (SSSR count). The molecule has 1 unspecified atom stereocenters. The lowest BCUT2D eigenvalue weighted by molar-refractivity contribution is -0.218. The average Bonchev–Trinajstić information content (AvgIpc) is 1.85. The van der Waals surface area contributed by atoms with Gasteiger partial charge in [0, 0.05) is 0 Å². The van der Waals surface area contributed by atoms with Gasteiger partial charge in [0.2, 0.25) is 0 Å². The van der Waals surface area contributed by atoms with Gasteiger partial charge in [-0.2, -0.15) is 13.2 Å². The summed E-state index contributed by atoms with van der Waals surface area (Å²) in [6, 6.07) is 0. The maximum absolute atomic E-state index is 11.8. The molecule has 0 aromatic heterocycles. The van der Waals surface area contributed by atoms with Gasteiger partial charge < -0.3 is 5.11 Å². The summed E-state index contributed by atoms with van der Waals surface area (Å²) in [6.45, 7) is 3.20. The first-order chi connectivity index (χ1) is 4.89. The maximum Gasteiger partial charge on any atom is 0.414 e. The zero-order valence-electron chi connectivity index (χ0n) is 6.65. The lowest BCUT2D eigenvalue weighted by Gasteiger charge is -2.20. The quantitative estimate of drug-likeness (QED) is 0.689. The van der Waals surface area contributed by atoms with Crippen LogP contribution in [0, 0.1) is 5.92 Å². The summed E-state index contributed by atoms with van der Waals surface area (Å²) in [4.78, 5) is 0. The second kappa shape index (κ2) is 3.95. The van der Waals surface area contributed by atoms with Crippen LogP contribution in [0.2, 0.25) is 0 Å². The monoisotopic (exact) mass is 170 g/mol. The van der Waals surface area contributed by atoms with Crippen molar-refractivity contribution < 1.29 is 18.3 Å². The van der Waals surface area contributed by atoms with Crippen LogP contribution in [0.15, 0.2) is 0 Å². The molecule has 0 aliphatic carbocycles. The summed E-state index contributed by atoms with van der Waals surface area (Å²) in [6.07, 6.45) is -5.56. The number of halogens is 3. The van der Waals surface area contributed by atoms with E-state index < -0.39 is 18.2 Å². The third kappa shape index (κ3) is 3.60. The average molecular weight is 170 g/mol. The molecule has 0 aliphatic heterocycles. The molecule has 11 heavy (non-hydrogen) atoms. The Morgan fingerprint density at radius 2 is 1.82 bits per heavy atom. The molecule has 0 spiro atoms. The molecular weight excluding hydrogens is 157 g/mol. The van der Waals surface area contributed by atoms with Crippen molar-refractivity contribution in [3.8, 4) is 0 Å². The van der Waals surface area contributed by atoms with Gasteiger partial charge in [0.15, 0.2) is 6.10 Å². The molecule has 68 valence electrons. The van der Waals surface area contributed by atoms with Crippen LogP contribution in [-0.2, 0) is 0 Å². The van der Waals surface area contributed by atoms with E-state index in [1.807, 2.05) is 0 Å². The van der Waals surface area contributed by atoms with Crippen LogP contribution in [0.3, 0.4) is 0 Å². The SMILES string of the molecule is CCCC(C)[C@H](O)C(F)(F)F. The Morgan fingerprint density at radius 3 is 2.09 bits per heavy atom. The molecular formula is C7H13F3O. The van der Waals surface area contributed by atoms with Crippen molar-refractivity contribution in [3.63, 3.8) is 0 Å². The van der Waals surface area contributed by atoms with Crippen LogP contribution < -0.4 is 0 Å². The van der Waals surface area contributed by atoms with Crippen molar-refractivity contribution in [1.82, 2.24) is 0 Å². The smallest absolute Gasteiger partial charge is 0.383 e. The fraction of sp³-hybridized carbons (Fsp3) is 1.00. The minimum Gasteiger partial charge on any atom is -0.383 e. The van der Waals surface area contributed by atoms with Gasteiger partial charge in [0.25, 0.3) is 0 Å². The van der Waals surface area contributed by atoms with E-state index in [2.05, 4.69) is 0 Å². The molecule has 0 aromatic rings. The molecule has 1 N–H and O–H groups in total. The second-order valence-electron chi connectivity index (χ2n) is 2.75. The van der Waals surface area contributed by atoms with Crippen LogP contribution in [0.5, 0.6) is 0 Å². The molecule has 0 fully saturated rings. The van der Waals surface area contributed by atoms with Crippen molar-refractivity contribution in [2.45, 2.75) is 39.0 Å². The second-order valence-corrected chi connectivity index (χ2v) is 2.75. The zero-order chi connectivity index (χ0) is 9.07. The Bertz CT molecular complexity index is 111. The molecule has 0 aliphatic rings. The topological polar surface area (TPSA) is 20.2 Å². The van der Waals surface area contributed by atoms with Crippen LogP contribution >= 0.6 is 0 Å². The Kier molecular flexibility index (Phi) is 3.86. The third-order valence-corrected chi connectivity index (χ3v) is 1.62. The van der Waals surface area contributed by atoms with Gasteiger partial charge in [0.1, 0.15) is 0 Å². The molecule has 4 heteroatoms. The van der Waals surface area contributed by atoms with Gasteiger partial charge in [0.05, 0.1) is 0 Å². The van der Waals surface area contributed by atoms with Gasteiger partial charge in [-0.25, -0.2) is 0 Å². The first-order valence-electron chi connectivity index (χ1n) is 3.64. The highest BCUT2D eigenvalue weighted by Gasteiger charge is 2.41. The summed E-state index contributed by atoms with van der Waals surface area (Å²) in [5, 5.41) is 8.66. The number of aliphatic hydroxyl groups excluding tert-OH is 1. The van der Waals surface area contributed by atoms with Crippen molar-refractivity contribution in [2.24, 2.45) is 5.92 Å². The normalized spacial score (nSPS) is 18.0. The minimum atomic E-state index is -4.46. The van der Waals surface area contributed by atoms with Gasteiger partial charge in [-0.15, -0.1) is 0 Å². The van der Waals surface area contributed by atoms with Crippen molar-refractivity contribution in [1.29, 1.82) is 0 Å². The van der Waals surface area contributed by atoms with Gasteiger partial charge in [-0.1, -0.05) is 20.3 Å². The molecule has 0 aromatic carbocycles. The van der Waals surface area contributed by atoms with E-state index in [1.54, 1.807) is 6.92 Å². The molecule has 0 saturated heterocycles. The van der Waals surface area contributed by atoms with Crippen LogP contribution in [0.4, 0.5) is 13.2 Å². The highest BCUT2D eigenvalue weighted by molar-refractivity contribution is 4.71. The lowest BCUT2D eigenvalue weighted by atomic mass is 9.99. The Labute approximate surface area is 64.2 Å². The van der Waals surface area contributed by atoms with Crippen molar-refractivity contribution in [2.75, 3.05) is 0 Å². The molecule has 2 atom stereocenters. The molecule has 0 radical (unpaired) electrons. The van der Waals surface area contributed by atoms with E-state index in [4.69, 9.17) is 5.11 Å². The summed E-state index contributed by atoms with van der Waals surface area (Å²) in [7, 11) is 0. The van der Waals surface area contributed by atoms with E-state index in [0.717, 1.165) is 0 Å². The Hall–Kier alpha value is -0.250. The first kappa shape index (κ1) is 10.8. The van der Waals surface area contributed by atoms with E-state index in [-0.39, 0.29) is 0 Å². The highest BCUT2D eigenvalue weighted by atomic mass is 19.4. The van der Waals surface area contributed by atoms with Gasteiger partial charge in [-0.05, 0) is 12.3 Å². The number of rotatable bonds is 3. The van der Waals surface area contributed by atoms with Gasteiger partial charge in [-0.3, -0.25) is 0 Å². The molecule has 0 saturated carbocycles. The number of hydrogen-bond donors (Lipinski definition) is 1. The molecule has 0 bridgehead atoms. The highest BCUT2D eigenvalue weighted by Crippen LogP contribution is 2.27. The third-order valence-electron chi connectivity index (χ3n) is 1.62. The van der Waals surface area contributed by atoms with Crippen LogP contribution in [0.25, 0.3) is 0 Å².